The maximum atomic E-state index is 13.1. The van der Waals surface area contributed by atoms with E-state index in [9.17, 15) is 19.2 Å². The van der Waals surface area contributed by atoms with Gasteiger partial charge in [-0.3, -0.25) is 14.5 Å². The number of anilines is 1. The van der Waals surface area contributed by atoms with E-state index in [-0.39, 0.29) is 12.9 Å². The minimum absolute atomic E-state index is 0.0853. The predicted octanol–water partition coefficient (Wildman–Crippen LogP) is 2.39. The Morgan fingerprint density at radius 3 is 2.52 bits per heavy atom. The largest absolute Gasteiger partial charge is 0.459 e. The molecule has 0 aliphatic carbocycles. The molecule has 33 heavy (non-hydrogen) atoms. The second-order valence-corrected chi connectivity index (χ2v) is 8.09. The molecule has 0 bridgehead atoms. The Hall–Kier alpha value is -4.08. The lowest BCUT2D eigenvalue weighted by Gasteiger charge is -2.22. The summed E-state index contributed by atoms with van der Waals surface area (Å²) in [7, 11) is 0. The Bertz CT molecular complexity index is 1130. The zero-order chi connectivity index (χ0) is 23.8. The van der Waals surface area contributed by atoms with Crippen molar-refractivity contribution >= 4 is 29.5 Å². The van der Waals surface area contributed by atoms with Crippen molar-refractivity contribution in [3.05, 3.63) is 53.6 Å². The van der Waals surface area contributed by atoms with E-state index in [1.807, 2.05) is 0 Å². The van der Waals surface area contributed by atoms with Crippen LogP contribution in [0, 0.1) is 0 Å². The summed E-state index contributed by atoms with van der Waals surface area (Å²) in [6.07, 6.45) is -0.246. The molecule has 0 saturated carbocycles. The topological polar surface area (TPSA) is 123 Å². The van der Waals surface area contributed by atoms with Crippen LogP contribution in [0.3, 0.4) is 0 Å². The van der Waals surface area contributed by atoms with Crippen LogP contribution in [0.5, 0.6) is 11.5 Å². The van der Waals surface area contributed by atoms with Crippen molar-refractivity contribution in [2.45, 2.75) is 32.4 Å². The third kappa shape index (κ3) is 4.32. The van der Waals surface area contributed by atoms with Crippen LogP contribution in [0.25, 0.3) is 0 Å². The van der Waals surface area contributed by atoms with Gasteiger partial charge in [0.1, 0.15) is 12.1 Å². The second-order valence-electron chi connectivity index (χ2n) is 8.09. The van der Waals surface area contributed by atoms with Gasteiger partial charge in [0.2, 0.25) is 12.7 Å². The number of nitrogens with zero attached hydrogens (tertiary/aromatic N) is 1. The molecule has 10 nitrogen and oxygen atoms in total. The average Bonchev–Trinajstić information content (AvgIpc) is 3.32. The normalized spacial score (nSPS) is 19.0. The molecule has 2 aromatic rings. The molecule has 4 rings (SSSR count). The smallest absolute Gasteiger partial charge is 0.338 e. The zero-order valence-electron chi connectivity index (χ0n) is 18.3. The van der Waals surface area contributed by atoms with Crippen LogP contribution in [-0.2, 0) is 19.9 Å². The third-order valence-electron chi connectivity index (χ3n) is 5.27. The summed E-state index contributed by atoms with van der Waals surface area (Å²) in [5.41, 5.74) is -0.0876. The number of nitrogens with one attached hydrogen (secondary N) is 2. The monoisotopic (exact) mass is 453 g/mol. The summed E-state index contributed by atoms with van der Waals surface area (Å²) >= 11 is 0. The Labute approximate surface area is 189 Å². The first-order chi connectivity index (χ1) is 15.7. The number of hydrogen-bond acceptors (Lipinski definition) is 7. The van der Waals surface area contributed by atoms with Gasteiger partial charge in [-0.05, 0) is 62.7 Å². The first kappa shape index (κ1) is 22.1. The van der Waals surface area contributed by atoms with E-state index in [4.69, 9.17) is 14.2 Å². The Kier molecular flexibility index (Phi) is 5.67. The maximum absolute atomic E-state index is 13.1. The zero-order valence-corrected chi connectivity index (χ0v) is 18.3. The second kappa shape index (κ2) is 8.45. The summed E-state index contributed by atoms with van der Waals surface area (Å²) in [4.78, 5) is 50.9. The number of imide groups is 1. The highest BCUT2D eigenvalue weighted by molar-refractivity contribution is 6.10. The van der Waals surface area contributed by atoms with Crippen LogP contribution in [0.1, 0.15) is 36.7 Å². The van der Waals surface area contributed by atoms with E-state index in [0.717, 1.165) is 4.90 Å². The number of urea groups is 1. The van der Waals surface area contributed by atoms with E-state index in [1.165, 1.54) is 24.3 Å². The molecular weight excluding hydrogens is 430 g/mol. The molecule has 4 amide bonds. The molecule has 1 saturated heterocycles. The van der Waals surface area contributed by atoms with Crippen LogP contribution < -0.4 is 20.1 Å². The Balaban J connectivity index is 1.41. The number of carbonyl (C=O) groups excluding carboxylic acids is 4. The Morgan fingerprint density at radius 1 is 1.12 bits per heavy atom. The fraction of sp³-hybridized carbons (Fsp3) is 0.304. The van der Waals surface area contributed by atoms with Gasteiger partial charge in [-0.15, -0.1) is 0 Å². The van der Waals surface area contributed by atoms with Crippen LogP contribution in [-0.4, -0.2) is 48.2 Å². The van der Waals surface area contributed by atoms with Crippen molar-refractivity contribution in [1.82, 2.24) is 10.2 Å². The molecular formula is C23H23N3O7. The van der Waals surface area contributed by atoms with Crippen molar-refractivity contribution < 1.29 is 33.4 Å². The number of ether oxygens (including phenoxy) is 3. The van der Waals surface area contributed by atoms with E-state index >= 15 is 0 Å². The fourth-order valence-electron chi connectivity index (χ4n) is 3.56. The molecule has 2 aliphatic heterocycles. The van der Waals surface area contributed by atoms with Gasteiger partial charge in [0.25, 0.3) is 5.91 Å². The average molecular weight is 453 g/mol. The van der Waals surface area contributed by atoms with Gasteiger partial charge >= 0.3 is 12.0 Å². The highest BCUT2D eigenvalue weighted by Crippen LogP contribution is 2.37. The van der Waals surface area contributed by atoms with Crippen LogP contribution >= 0.6 is 0 Å². The van der Waals surface area contributed by atoms with E-state index < -0.39 is 35.9 Å². The molecule has 2 aliphatic rings. The summed E-state index contributed by atoms with van der Waals surface area (Å²) < 4.78 is 15.8. The first-order valence-corrected chi connectivity index (χ1v) is 10.3. The molecule has 2 N–H and O–H groups in total. The molecule has 2 aromatic carbocycles. The fourth-order valence-corrected chi connectivity index (χ4v) is 3.56. The number of hydrogen-bond donors (Lipinski definition) is 2. The number of rotatable bonds is 6. The van der Waals surface area contributed by atoms with Crippen molar-refractivity contribution in [2.75, 3.05) is 18.7 Å². The van der Waals surface area contributed by atoms with Crippen molar-refractivity contribution in [1.29, 1.82) is 0 Å². The highest BCUT2D eigenvalue weighted by Gasteiger charge is 2.49. The molecule has 172 valence electrons. The third-order valence-corrected chi connectivity index (χ3v) is 5.27. The molecule has 1 atom stereocenters. The minimum atomic E-state index is -1.35. The summed E-state index contributed by atoms with van der Waals surface area (Å²) in [6.45, 7) is 4.68. The molecule has 1 fully saturated rings. The molecule has 0 spiro atoms. The molecule has 0 unspecified atom stereocenters. The minimum Gasteiger partial charge on any atom is -0.459 e. The van der Waals surface area contributed by atoms with Gasteiger partial charge in [-0.1, -0.05) is 6.07 Å². The van der Waals surface area contributed by atoms with Crippen LogP contribution in [0.15, 0.2) is 42.5 Å². The van der Waals surface area contributed by atoms with E-state index in [2.05, 4.69) is 10.6 Å². The maximum Gasteiger partial charge on any atom is 0.338 e. The lowest BCUT2D eigenvalue weighted by molar-refractivity contribution is -0.133. The highest BCUT2D eigenvalue weighted by atomic mass is 16.7. The summed E-state index contributed by atoms with van der Waals surface area (Å²) in [6, 6.07) is 10.4. The van der Waals surface area contributed by atoms with Crippen LogP contribution in [0.2, 0.25) is 0 Å². The van der Waals surface area contributed by atoms with Gasteiger partial charge in [0, 0.05) is 5.69 Å². The first-order valence-electron chi connectivity index (χ1n) is 10.3. The van der Waals surface area contributed by atoms with Crippen molar-refractivity contribution in [3.8, 4) is 11.5 Å². The predicted molar refractivity (Wildman–Crippen MR) is 116 cm³/mol. The number of amides is 4. The van der Waals surface area contributed by atoms with E-state index in [0.29, 0.717) is 28.3 Å². The number of benzene rings is 2. The molecule has 0 radical (unpaired) electrons. The number of esters is 1. The van der Waals surface area contributed by atoms with Gasteiger partial charge in [-0.2, -0.15) is 0 Å². The molecule has 10 heteroatoms. The van der Waals surface area contributed by atoms with Gasteiger partial charge in [0.15, 0.2) is 11.5 Å². The van der Waals surface area contributed by atoms with Crippen LogP contribution in [0.4, 0.5) is 10.5 Å². The molecule has 2 heterocycles. The van der Waals surface area contributed by atoms with Crippen molar-refractivity contribution in [2.24, 2.45) is 0 Å². The van der Waals surface area contributed by atoms with Gasteiger partial charge < -0.3 is 24.8 Å². The molecule has 0 aromatic heterocycles. The summed E-state index contributed by atoms with van der Waals surface area (Å²) in [5, 5.41) is 5.27. The number of carbonyl (C=O) groups is 4. The lowest BCUT2D eigenvalue weighted by Crippen LogP contribution is -2.42. The standard InChI is InChI=1S/C23H23N3O7/c1-13(2)33-20(28)14-4-7-16(8-5-14)24-19(27)11-26-21(29)23(3,25-22(26)30)15-6-9-17-18(10-15)32-12-31-17/h4-10,13H,11-12H2,1-3H3,(H,24,27)(H,25,30)/t23-/m1/s1. The van der Waals surface area contributed by atoms with E-state index in [1.54, 1.807) is 39.0 Å². The Morgan fingerprint density at radius 2 is 1.82 bits per heavy atom. The number of fused-ring (bicyclic) bond motifs is 1. The SMILES string of the molecule is CC(C)OC(=O)c1ccc(NC(=O)CN2C(=O)N[C@](C)(c3ccc4c(c3)OCO4)C2=O)cc1. The van der Waals surface area contributed by atoms with Crippen molar-refractivity contribution in [3.63, 3.8) is 0 Å². The van der Waals surface area contributed by atoms with Gasteiger partial charge in [-0.25, -0.2) is 9.59 Å². The van der Waals surface area contributed by atoms with Gasteiger partial charge in [0.05, 0.1) is 11.7 Å². The quantitative estimate of drug-likeness (QED) is 0.508. The lowest BCUT2D eigenvalue weighted by atomic mass is 9.91. The summed E-state index contributed by atoms with van der Waals surface area (Å²) in [5.74, 6) is -0.559.